The Labute approximate surface area is 151 Å². The van der Waals surface area contributed by atoms with Gasteiger partial charge >= 0.3 is 0 Å². The number of ether oxygens (including phenoxy) is 1. The number of carbonyl (C=O) groups is 1. The summed E-state index contributed by atoms with van der Waals surface area (Å²) in [7, 11) is 1.50. The van der Waals surface area contributed by atoms with Crippen molar-refractivity contribution in [2.75, 3.05) is 12.4 Å². The summed E-state index contributed by atoms with van der Waals surface area (Å²) in [5, 5.41) is 3.51. The number of benzene rings is 1. The lowest BCUT2D eigenvalue weighted by molar-refractivity contribution is -0.111. The predicted octanol–water partition coefficient (Wildman–Crippen LogP) is 4.65. The molecule has 22 heavy (non-hydrogen) atoms. The van der Waals surface area contributed by atoms with Crippen LogP contribution in [0, 0.1) is 3.57 Å². The standard InChI is InChI=1S/C15H11Cl2IN2O2/c1-22-15-9(6-10(16)7-12(15)17)2-5-14(21)20-13-4-3-11(18)8-19-13/h2-8H,1H3,(H,19,20,21)/b5-2+. The minimum atomic E-state index is -0.313. The number of hydrogen-bond donors (Lipinski definition) is 1. The first kappa shape index (κ1) is 17.1. The van der Waals surface area contributed by atoms with Crippen LogP contribution in [0.25, 0.3) is 6.08 Å². The van der Waals surface area contributed by atoms with Crippen LogP contribution in [0.3, 0.4) is 0 Å². The van der Waals surface area contributed by atoms with Gasteiger partial charge in [0.15, 0.2) is 0 Å². The molecule has 0 radical (unpaired) electrons. The van der Waals surface area contributed by atoms with Gasteiger partial charge < -0.3 is 10.1 Å². The quantitative estimate of drug-likeness (QED) is 0.547. The Bertz CT molecular complexity index is 718. The number of amides is 1. The van der Waals surface area contributed by atoms with Gasteiger partial charge in [0, 0.05) is 26.4 Å². The molecule has 0 aliphatic rings. The van der Waals surface area contributed by atoms with Crippen LogP contribution in [0.5, 0.6) is 5.75 Å². The van der Waals surface area contributed by atoms with Gasteiger partial charge in [0.2, 0.25) is 5.91 Å². The van der Waals surface area contributed by atoms with Crippen molar-refractivity contribution in [2.45, 2.75) is 0 Å². The molecular formula is C15H11Cl2IN2O2. The third kappa shape index (κ3) is 4.59. The van der Waals surface area contributed by atoms with Crippen molar-refractivity contribution < 1.29 is 9.53 Å². The third-order valence-corrected chi connectivity index (χ3v) is 3.77. The van der Waals surface area contributed by atoms with E-state index < -0.39 is 0 Å². The molecule has 7 heteroatoms. The minimum absolute atomic E-state index is 0.313. The van der Waals surface area contributed by atoms with Gasteiger partial charge in [-0.05, 0) is 52.9 Å². The molecule has 0 saturated heterocycles. The minimum Gasteiger partial charge on any atom is -0.495 e. The highest BCUT2D eigenvalue weighted by Gasteiger charge is 2.08. The average Bonchev–Trinajstić information content (AvgIpc) is 2.47. The van der Waals surface area contributed by atoms with Gasteiger partial charge in [0.1, 0.15) is 11.6 Å². The maximum absolute atomic E-state index is 11.9. The van der Waals surface area contributed by atoms with Crippen molar-refractivity contribution in [2.24, 2.45) is 0 Å². The smallest absolute Gasteiger partial charge is 0.249 e. The summed E-state index contributed by atoms with van der Waals surface area (Å²) >= 11 is 14.1. The topological polar surface area (TPSA) is 51.2 Å². The van der Waals surface area contributed by atoms with Crippen LogP contribution in [0.15, 0.2) is 36.5 Å². The number of rotatable bonds is 4. The molecule has 0 fully saturated rings. The monoisotopic (exact) mass is 448 g/mol. The van der Waals surface area contributed by atoms with Gasteiger partial charge in [-0.2, -0.15) is 0 Å². The summed E-state index contributed by atoms with van der Waals surface area (Å²) in [5.74, 6) is 0.625. The number of aromatic nitrogens is 1. The van der Waals surface area contributed by atoms with E-state index >= 15 is 0 Å². The van der Waals surface area contributed by atoms with E-state index in [-0.39, 0.29) is 5.91 Å². The zero-order valence-corrected chi connectivity index (χ0v) is 15.1. The molecule has 1 N–H and O–H groups in total. The largest absolute Gasteiger partial charge is 0.495 e. The highest BCUT2D eigenvalue weighted by Crippen LogP contribution is 2.32. The molecule has 1 aromatic carbocycles. The summed E-state index contributed by atoms with van der Waals surface area (Å²) in [4.78, 5) is 16.0. The van der Waals surface area contributed by atoms with Crippen LogP contribution in [0.1, 0.15) is 5.56 Å². The number of pyridine rings is 1. The van der Waals surface area contributed by atoms with Crippen molar-refractivity contribution in [1.82, 2.24) is 4.98 Å². The van der Waals surface area contributed by atoms with Crippen molar-refractivity contribution >= 4 is 63.6 Å². The lowest BCUT2D eigenvalue weighted by Crippen LogP contribution is -2.09. The fraction of sp³-hybridized carbons (Fsp3) is 0.0667. The lowest BCUT2D eigenvalue weighted by Gasteiger charge is -2.07. The zero-order valence-electron chi connectivity index (χ0n) is 11.4. The lowest BCUT2D eigenvalue weighted by atomic mass is 10.2. The van der Waals surface area contributed by atoms with E-state index in [4.69, 9.17) is 27.9 Å². The molecule has 0 aliphatic heterocycles. The number of anilines is 1. The van der Waals surface area contributed by atoms with Gasteiger partial charge in [-0.15, -0.1) is 0 Å². The number of carbonyl (C=O) groups excluding carboxylic acids is 1. The Morgan fingerprint density at radius 2 is 2.14 bits per heavy atom. The molecule has 0 unspecified atom stereocenters. The summed E-state index contributed by atoms with van der Waals surface area (Å²) in [5.41, 5.74) is 0.616. The van der Waals surface area contributed by atoms with Gasteiger partial charge in [-0.25, -0.2) is 4.98 Å². The van der Waals surface area contributed by atoms with E-state index in [9.17, 15) is 4.79 Å². The molecule has 1 heterocycles. The van der Waals surface area contributed by atoms with E-state index in [1.54, 1.807) is 30.5 Å². The fourth-order valence-electron chi connectivity index (χ4n) is 1.70. The number of hydrogen-bond acceptors (Lipinski definition) is 3. The van der Waals surface area contributed by atoms with Gasteiger partial charge in [0.05, 0.1) is 12.1 Å². The van der Waals surface area contributed by atoms with Gasteiger partial charge in [-0.3, -0.25) is 4.79 Å². The maximum Gasteiger partial charge on any atom is 0.249 e. The summed E-state index contributed by atoms with van der Waals surface area (Å²) in [6.07, 6.45) is 4.61. The first-order valence-corrected chi connectivity index (χ1v) is 7.96. The normalized spacial score (nSPS) is 10.7. The van der Waals surface area contributed by atoms with E-state index in [1.807, 2.05) is 6.07 Å². The van der Waals surface area contributed by atoms with E-state index in [2.05, 4.69) is 32.9 Å². The Morgan fingerprint density at radius 3 is 2.77 bits per heavy atom. The van der Waals surface area contributed by atoms with Crippen molar-refractivity contribution in [1.29, 1.82) is 0 Å². The van der Waals surface area contributed by atoms with Crippen LogP contribution in [0.4, 0.5) is 5.82 Å². The second-order valence-corrected chi connectivity index (χ2v) is 6.28. The molecule has 0 bridgehead atoms. The zero-order chi connectivity index (χ0) is 16.1. The van der Waals surface area contributed by atoms with Crippen molar-refractivity contribution in [3.05, 3.63) is 55.7 Å². The average molecular weight is 449 g/mol. The fourth-order valence-corrected chi connectivity index (χ4v) is 2.61. The van der Waals surface area contributed by atoms with E-state index in [0.29, 0.717) is 27.2 Å². The molecule has 0 saturated carbocycles. The Balaban J connectivity index is 2.14. The molecule has 114 valence electrons. The molecule has 0 aliphatic carbocycles. The Hall–Kier alpha value is -1.31. The van der Waals surface area contributed by atoms with Crippen LogP contribution < -0.4 is 10.1 Å². The Kier molecular flexibility index (Phi) is 6.05. The van der Waals surface area contributed by atoms with Crippen LogP contribution in [-0.2, 0) is 4.79 Å². The Morgan fingerprint density at radius 1 is 1.36 bits per heavy atom. The van der Waals surface area contributed by atoms with Gasteiger partial charge in [0.25, 0.3) is 0 Å². The molecule has 2 aromatic rings. The SMILES string of the molecule is COc1c(Cl)cc(Cl)cc1/C=C/C(=O)Nc1ccc(I)cn1. The predicted molar refractivity (Wildman–Crippen MR) is 97.6 cm³/mol. The highest BCUT2D eigenvalue weighted by atomic mass is 127. The van der Waals surface area contributed by atoms with Crippen LogP contribution in [-0.4, -0.2) is 18.0 Å². The summed E-state index contributed by atoms with van der Waals surface area (Å²) in [6, 6.07) is 6.82. The first-order valence-electron chi connectivity index (χ1n) is 6.13. The number of nitrogens with one attached hydrogen (secondary N) is 1. The molecule has 1 amide bonds. The molecule has 0 atom stereocenters. The number of methoxy groups -OCH3 is 1. The molecular weight excluding hydrogens is 438 g/mol. The maximum atomic E-state index is 11.9. The van der Waals surface area contributed by atoms with Gasteiger partial charge in [-0.1, -0.05) is 23.2 Å². The number of nitrogens with zero attached hydrogens (tertiary/aromatic N) is 1. The second kappa shape index (κ2) is 7.80. The van der Waals surface area contributed by atoms with E-state index in [0.717, 1.165) is 3.57 Å². The van der Waals surface area contributed by atoms with Crippen molar-refractivity contribution in [3.63, 3.8) is 0 Å². The molecule has 1 aromatic heterocycles. The highest BCUT2D eigenvalue weighted by molar-refractivity contribution is 14.1. The summed E-state index contributed by atoms with van der Waals surface area (Å²) in [6.45, 7) is 0. The first-order chi connectivity index (χ1) is 10.5. The number of halogens is 3. The van der Waals surface area contributed by atoms with Crippen molar-refractivity contribution in [3.8, 4) is 5.75 Å². The molecule has 2 rings (SSSR count). The molecule has 4 nitrogen and oxygen atoms in total. The second-order valence-electron chi connectivity index (χ2n) is 4.19. The van der Waals surface area contributed by atoms with Crippen LogP contribution >= 0.6 is 45.8 Å². The summed E-state index contributed by atoms with van der Waals surface area (Å²) < 4.78 is 6.20. The molecule has 0 spiro atoms. The van der Waals surface area contributed by atoms with E-state index in [1.165, 1.54) is 13.2 Å². The van der Waals surface area contributed by atoms with Crippen LogP contribution in [0.2, 0.25) is 10.0 Å². The third-order valence-electron chi connectivity index (χ3n) is 2.63.